The molecule has 28 heavy (non-hydrogen) atoms. The van der Waals surface area contributed by atoms with Crippen LogP contribution in [0.15, 0.2) is 48.5 Å². The molecule has 0 atom stereocenters. The van der Waals surface area contributed by atoms with E-state index < -0.39 is 17.6 Å². The molecule has 3 aromatic rings. The van der Waals surface area contributed by atoms with E-state index in [1.54, 1.807) is 31.4 Å². The number of carbonyl (C=O) groups excluding carboxylic acids is 1. The van der Waals surface area contributed by atoms with E-state index in [1.165, 1.54) is 16.7 Å². The number of benzene rings is 2. The quantitative estimate of drug-likeness (QED) is 0.619. The SMILES string of the molecule is COc1ccc(-c2n[nH]c(=S)n2CC(=O)Nc2cccc(C(F)(F)F)c2)cc1. The van der Waals surface area contributed by atoms with Crippen molar-refractivity contribution >= 4 is 23.8 Å². The summed E-state index contributed by atoms with van der Waals surface area (Å²) in [5.74, 6) is 0.546. The van der Waals surface area contributed by atoms with E-state index in [0.717, 1.165) is 12.1 Å². The van der Waals surface area contributed by atoms with Crippen molar-refractivity contribution < 1.29 is 22.7 Å². The molecular weight excluding hydrogens is 393 g/mol. The second-order valence-corrected chi connectivity index (χ2v) is 6.18. The largest absolute Gasteiger partial charge is 0.497 e. The fourth-order valence-corrected chi connectivity index (χ4v) is 2.74. The molecule has 0 saturated carbocycles. The normalized spacial score (nSPS) is 11.3. The molecule has 0 aliphatic carbocycles. The van der Waals surface area contributed by atoms with Crippen LogP contribution in [0.1, 0.15) is 5.56 Å². The number of amides is 1. The second-order valence-electron chi connectivity index (χ2n) is 5.79. The molecule has 146 valence electrons. The van der Waals surface area contributed by atoms with E-state index in [1.807, 2.05) is 0 Å². The first-order valence-corrected chi connectivity index (χ1v) is 8.45. The van der Waals surface area contributed by atoms with Crippen molar-refractivity contribution in [3.05, 3.63) is 58.9 Å². The van der Waals surface area contributed by atoms with Gasteiger partial charge in [0.2, 0.25) is 5.91 Å². The van der Waals surface area contributed by atoms with E-state index in [0.29, 0.717) is 17.1 Å². The van der Waals surface area contributed by atoms with E-state index in [2.05, 4.69) is 15.5 Å². The first-order valence-electron chi connectivity index (χ1n) is 8.04. The Labute approximate surface area is 163 Å². The second kappa shape index (κ2) is 7.85. The lowest BCUT2D eigenvalue weighted by Crippen LogP contribution is -2.20. The van der Waals surface area contributed by atoms with Gasteiger partial charge in [-0.15, -0.1) is 0 Å². The minimum atomic E-state index is -4.49. The van der Waals surface area contributed by atoms with Crippen LogP contribution in [0.4, 0.5) is 18.9 Å². The zero-order valence-electron chi connectivity index (χ0n) is 14.6. The van der Waals surface area contributed by atoms with Crippen molar-refractivity contribution in [1.29, 1.82) is 0 Å². The van der Waals surface area contributed by atoms with Gasteiger partial charge in [0.05, 0.1) is 12.7 Å². The molecule has 6 nitrogen and oxygen atoms in total. The molecule has 0 spiro atoms. The maximum absolute atomic E-state index is 12.8. The lowest BCUT2D eigenvalue weighted by molar-refractivity contribution is -0.137. The Morgan fingerprint density at radius 2 is 1.96 bits per heavy atom. The number of hydrogen-bond donors (Lipinski definition) is 2. The third-order valence-electron chi connectivity index (χ3n) is 3.88. The van der Waals surface area contributed by atoms with Gasteiger partial charge in [0.1, 0.15) is 12.3 Å². The molecule has 0 radical (unpaired) electrons. The number of H-pyrrole nitrogens is 1. The molecule has 0 saturated heterocycles. The van der Waals surface area contributed by atoms with Gasteiger partial charge in [0.15, 0.2) is 10.6 Å². The van der Waals surface area contributed by atoms with Crippen molar-refractivity contribution in [2.45, 2.75) is 12.7 Å². The molecule has 0 aliphatic heterocycles. The maximum Gasteiger partial charge on any atom is 0.416 e. The molecule has 0 bridgehead atoms. The summed E-state index contributed by atoms with van der Waals surface area (Å²) in [6.45, 7) is -0.215. The molecule has 1 amide bonds. The Bertz CT molecular complexity index is 1040. The molecular formula is C18H15F3N4O2S. The maximum atomic E-state index is 12.8. The van der Waals surface area contributed by atoms with Crippen LogP contribution in [-0.4, -0.2) is 27.8 Å². The standard InChI is InChI=1S/C18H15F3N4O2S/c1-27-14-7-5-11(6-8-14)16-23-24-17(28)25(16)10-15(26)22-13-4-2-3-12(9-13)18(19,20)21/h2-9H,10H2,1H3,(H,22,26)(H,24,28). The van der Waals surface area contributed by atoms with Crippen LogP contribution in [0.25, 0.3) is 11.4 Å². The van der Waals surface area contributed by atoms with E-state index in [4.69, 9.17) is 17.0 Å². The summed E-state index contributed by atoms with van der Waals surface area (Å²) in [6, 6.07) is 11.4. The van der Waals surface area contributed by atoms with Gasteiger partial charge in [-0.2, -0.15) is 18.3 Å². The highest BCUT2D eigenvalue weighted by molar-refractivity contribution is 7.71. The molecule has 1 aromatic heterocycles. The van der Waals surface area contributed by atoms with Gasteiger partial charge in [0, 0.05) is 11.3 Å². The number of halogens is 3. The molecule has 0 aliphatic rings. The van der Waals surface area contributed by atoms with Gasteiger partial charge in [-0.1, -0.05) is 6.07 Å². The van der Waals surface area contributed by atoms with Crippen LogP contribution >= 0.6 is 12.2 Å². The summed E-state index contributed by atoms with van der Waals surface area (Å²) in [7, 11) is 1.54. The molecule has 2 aromatic carbocycles. The first-order chi connectivity index (χ1) is 13.3. The van der Waals surface area contributed by atoms with Crippen molar-refractivity contribution in [2.24, 2.45) is 0 Å². The number of nitrogens with one attached hydrogen (secondary N) is 2. The number of nitrogens with zero attached hydrogens (tertiary/aromatic N) is 2. The van der Waals surface area contributed by atoms with Gasteiger partial charge in [-0.25, -0.2) is 0 Å². The highest BCUT2D eigenvalue weighted by Crippen LogP contribution is 2.30. The summed E-state index contributed by atoms with van der Waals surface area (Å²) in [5.41, 5.74) is -0.106. The molecule has 3 rings (SSSR count). The highest BCUT2D eigenvalue weighted by atomic mass is 32.1. The van der Waals surface area contributed by atoms with Crippen LogP contribution in [0.3, 0.4) is 0 Å². The fraction of sp³-hybridized carbons (Fsp3) is 0.167. The third kappa shape index (κ3) is 4.39. The zero-order chi connectivity index (χ0) is 20.3. The van der Waals surface area contributed by atoms with Crippen LogP contribution in [0, 0.1) is 4.77 Å². The van der Waals surface area contributed by atoms with Crippen molar-refractivity contribution in [1.82, 2.24) is 14.8 Å². The van der Waals surface area contributed by atoms with Gasteiger partial charge < -0.3 is 10.1 Å². The Kier molecular flexibility index (Phi) is 5.50. The number of aromatic amines is 1. The summed E-state index contributed by atoms with van der Waals surface area (Å²) in [5, 5.41) is 9.19. The minimum Gasteiger partial charge on any atom is -0.497 e. The minimum absolute atomic E-state index is 0.0424. The number of rotatable bonds is 5. The van der Waals surface area contributed by atoms with Gasteiger partial charge in [-0.05, 0) is 54.7 Å². The zero-order valence-corrected chi connectivity index (χ0v) is 15.4. The number of anilines is 1. The smallest absolute Gasteiger partial charge is 0.416 e. The number of hydrogen-bond acceptors (Lipinski definition) is 4. The average Bonchev–Trinajstić information content (AvgIpc) is 3.02. The molecule has 2 N–H and O–H groups in total. The Morgan fingerprint density at radius 3 is 2.61 bits per heavy atom. The Hall–Kier alpha value is -3.14. The van der Waals surface area contributed by atoms with E-state index in [-0.39, 0.29) is 17.0 Å². The van der Waals surface area contributed by atoms with Gasteiger partial charge in [-0.3, -0.25) is 14.5 Å². The predicted molar refractivity (Wildman–Crippen MR) is 99.5 cm³/mol. The molecule has 10 heteroatoms. The van der Waals surface area contributed by atoms with Crippen molar-refractivity contribution in [3.63, 3.8) is 0 Å². The molecule has 1 heterocycles. The summed E-state index contributed by atoms with van der Waals surface area (Å²) >= 11 is 5.17. The van der Waals surface area contributed by atoms with E-state index >= 15 is 0 Å². The van der Waals surface area contributed by atoms with Crippen LogP contribution in [-0.2, 0) is 17.5 Å². The highest BCUT2D eigenvalue weighted by Gasteiger charge is 2.30. The van der Waals surface area contributed by atoms with Gasteiger partial charge >= 0.3 is 6.18 Å². The Balaban J connectivity index is 1.80. The number of aromatic nitrogens is 3. The summed E-state index contributed by atoms with van der Waals surface area (Å²) in [6.07, 6.45) is -4.49. The number of methoxy groups -OCH3 is 1. The number of carbonyl (C=O) groups is 1. The molecule has 0 fully saturated rings. The average molecular weight is 408 g/mol. The van der Waals surface area contributed by atoms with Crippen LogP contribution in [0.5, 0.6) is 5.75 Å². The summed E-state index contributed by atoms with van der Waals surface area (Å²) in [4.78, 5) is 12.4. The Morgan fingerprint density at radius 1 is 1.25 bits per heavy atom. The summed E-state index contributed by atoms with van der Waals surface area (Å²) < 4.78 is 45.2. The van der Waals surface area contributed by atoms with E-state index in [9.17, 15) is 18.0 Å². The van der Waals surface area contributed by atoms with Crippen molar-refractivity contribution in [3.8, 4) is 17.1 Å². The van der Waals surface area contributed by atoms with Gasteiger partial charge in [0.25, 0.3) is 0 Å². The van der Waals surface area contributed by atoms with Crippen molar-refractivity contribution in [2.75, 3.05) is 12.4 Å². The number of ether oxygens (including phenoxy) is 1. The third-order valence-corrected chi connectivity index (χ3v) is 4.19. The monoisotopic (exact) mass is 408 g/mol. The first kappa shape index (κ1) is 19.6. The lowest BCUT2D eigenvalue weighted by atomic mass is 10.2. The number of alkyl halides is 3. The predicted octanol–water partition coefficient (Wildman–Crippen LogP) is 4.27. The molecule has 0 unspecified atom stereocenters. The van der Waals surface area contributed by atoms with Crippen LogP contribution < -0.4 is 10.1 Å². The van der Waals surface area contributed by atoms with Crippen LogP contribution in [0.2, 0.25) is 0 Å². The fourth-order valence-electron chi connectivity index (χ4n) is 2.54. The topological polar surface area (TPSA) is 71.9 Å². The lowest BCUT2D eigenvalue weighted by Gasteiger charge is -2.11.